The third-order valence-electron chi connectivity index (χ3n) is 3.33. The van der Waals surface area contributed by atoms with Crippen molar-refractivity contribution < 1.29 is 9.47 Å². The largest absolute Gasteiger partial charge is 0.381 e. The Kier molecular flexibility index (Phi) is 3.42. The minimum atomic E-state index is 0.185. The van der Waals surface area contributed by atoms with Crippen molar-refractivity contribution in [2.24, 2.45) is 17.6 Å². The number of rotatable bonds is 5. The number of hydrogen-bond acceptors (Lipinski definition) is 3. The van der Waals surface area contributed by atoms with E-state index in [1.807, 2.05) is 6.92 Å². The molecule has 3 nitrogen and oxygen atoms in total. The molecule has 14 heavy (non-hydrogen) atoms. The minimum absolute atomic E-state index is 0.185. The molecule has 0 bridgehead atoms. The molecule has 3 heteroatoms. The molecule has 2 fully saturated rings. The summed E-state index contributed by atoms with van der Waals surface area (Å²) in [5.74, 6) is 1.25. The first-order valence-corrected chi connectivity index (χ1v) is 5.78. The van der Waals surface area contributed by atoms with Crippen LogP contribution in [0.15, 0.2) is 0 Å². The molecule has 3 unspecified atom stereocenters. The summed E-state index contributed by atoms with van der Waals surface area (Å²) >= 11 is 0. The van der Waals surface area contributed by atoms with Crippen molar-refractivity contribution in [3.05, 3.63) is 0 Å². The van der Waals surface area contributed by atoms with E-state index in [1.165, 1.54) is 12.8 Å². The molecule has 1 saturated carbocycles. The molecule has 0 aromatic carbocycles. The van der Waals surface area contributed by atoms with Gasteiger partial charge in [0.25, 0.3) is 0 Å². The Morgan fingerprint density at radius 2 is 2.14 bits per heavy atom. The maximum atomic E-state index is 6.25. The van der Waals surface area contributed by atoms with Crippen LogP contribution in [0.2, 0.25) is 0 Å². The third kappa shape index (κ3) is 2.27. The summed E-state index contributed by atoms with van der Waals surface area (Å²) < 4.78 is 11.1. The van der Waals surface area contributed by atoms with Gasteiger partial charge in [-0.05, 0) is 32.1 Å². The van der Waals surface area contributed by atoms with Crippen molar-refractivity contribution >= 4 is 0 Å². The Labute approximate surface area is 85.9 Å². The lowest BCUT2D eigenvalue weighted by atomic mass is 9.92. The van der Waals surface area contributed by atoms with Crippen molar-refractivity contribution in [1.82, 2.24) is 0 Å². The van der Waals surface area contributed by atoms with Crippen molar-refractivity contribution in [3.8, 4) is 0 Å². The van der Waals surface area contributed by atoms with Gasteiger partial charge in [0.1, 0.15) is 0 Å². The van der Waals surface area contributed by atoms with E-state index in [-0.39, 0.29) is 12.1 Å². The standard InChI is InChI=1S/C11H21NO2/c1-2-14-11(8-3-4-8)10(12)9-5-6-13-7-9/h8-11H,2-7,12H2,1H3. The predicted octanol–water partition coefficient (Wildman–Crippen LogP) is 1.17. The summed E-state index contributed by atoms with van der Waals surface area (Å²) in [6.07, 6.45) is 3.99. The van der Waals surface area contributed by atoms with Crippen molar-refractivity contribution in [1.29, 1.82) is 0 Å². The lowest BCUT2D eigenvalue weighted by molar-refractivity contribution is 0.0126. The Balaban J connectivity index is 1.87. The van der Waals surface area contributed by atoms with Crippen LogP contribution in [0.25, 0.3) is 0 Å². The van der Waals surface area contributed by atoms with Gasteiger partial charge in [-0.2, -0.15) is 0 Å². The fraction of sp³-hybridized carbons (Fsp3) is 1.00. The highest BCUT2D eigenvalue weighted by Gasteiger charge is 2.39. The minimum Gasteiger partial charge on any atom is -0.381 e. The van der Waals surface area contributed by atoms with Crippen LogP contribution in [0.5, 0.6) is 0 Å². The van der Waals surface area contributed by atoms with Crippen LogP contribution >= 0.6 is 0 Å². The fourth-order valence-corrected chi connectivity index (χ4v) is 2.30. The maximum Gasteiger partial charge on any atom is 0.0757 e. The normalized spacial score (nSPS) is 31.7. The highest BCUT2D eigenvalue weighted by Crippen LogP contribution is 2.37. The smallest absolute Gasteiger partial charge is 0.0757 e. The van der Waals surface area contributed by atoms with Crippen LogP contribution in [0.3, 0.4) is 0 Å². The van der Waals surface area contributed by atoms with Crippen LogP contribution in [-0.2, 0) is 9.47 Å². The van der Waals surface area contributed by atoms with Gasteiger partial charge >= 0.3 is 0 Å². The number of hydrogen-bond donors (Lipinski definition) is 1. The first-order chi connectivity index (χ1) is 6.83. The molecule has 1 heterocycles. The Hall–Kier alpha value is -0.120. The molecule has 2 N–H and O–H groups in total. The summed E-state index contributed by atoms with van der Waals surface area (Å²) in [4.78, 5) is 0. The van der Waals surface area contributed by atoms with Gasteiger partial charge in [-0.15, -0.1) is 0 Å². The summed E-state index contributed by atoms with van der Waals surface area (Å²) in [5.41, 5.74) is 6.25. The quantitative estimate of drug-likeness (QED) is 0.722. The number of nitrogens with two attached hydrogens (primary N) is 1. The Morgan fingerprint density at radius 3 is 2.64 bits per heavy atom. The lowest BCUT2D eigenvalue weighted by Crippen LogP contribution is -2.44. The molecule has 0 aromatic rings. The zero-order valence-corrected chi connectivity index (χ0v) is 8.95. The second-order valence-corrected chi connectivity index (χ2v) is 4.46. The van der Waals surface area contributed by atoms with Crippen molar-refractivity contribution in [3.63, 3.8) is 0 Å². The molecule has 0 aromatic heterocycles. The van der Waals surface area contributed by atoms with E-state index in [1.54, 1.807) is 0 Å². The average molecular weight is 199 g/mol. The Bertz CT molecular complexity index is 176. The maximum absolute atomic E-state index is 6.25. The van der Waals surface area contributed by atoms with Crippen molar-refractivity contribution in [2.45, 2.75) is 38.3 Å². The van der Waals surface area contributed by atoms with E-state index >= 15 is 0 Å². The Morgan fingerprint density at radius 1 is 1.36 bits per heavy atom. The van der Waals surface area contributed by atoms with Crippen LogP contribution in [0, 0.1) is 11.8 Å². The molecule has 3 atom stereocenters. The van der Waals surface area contributed by atoms with E-state index in [2.05, 4.69) is 0 Å². The van der Waals surface area contributed by atoms with Gasteiger partial charge in [-0.3, -0.25) is 0 Å². The third-order valence-corrected chi connectivity index (χ3v) is 3.33. The SMILES string of the molecule is CCOC(C1CC1)C(N)C1CCOC1. The molecule has 0 amide bonds. The second-order valence-electron chi connectivity index (χ2n) is 4.46. The molecule has 1 aliphatic heterocycles. The molecule has 2 aliphatic rings. The molecule has 1 saturated heterocycles. The monoisotopic (exact) mass is 199 g/mol. The molecule has 1 aliphatic carbocycles. The van der Waals surface area contributed by atoms with Gasteiger partial charge in [0, 0.05) is 25.2 Å². The first-order valence-electron chi connectivity index (χ1n) is 5.78. The van der Waals surface area contributed by atoms with Gasteiger partial charge < -0.3 is 15.2 Å². The molecule has 82 valence electrons. The summed E-state index contributed by atoms with van der Waals surface area (Å²) in [5, 5.41) is 0. The average Bonchev–Trinajstić information content (AvgIpc) is 2.88. The molecule has 0 radical (unpaired) electrons. The van der Waals surface area contributed by atoms with Gasteiger partial charge in [0.15, 0.2) is 0 Å². The lowest BCUT2D eigenvalue weighted by Gasteiger charge is -2.27. The highest BCUT2D eigenvalue weighted by molar-refractivity contribution is 4.92. The van der Waals surface area contributed by atoms with Crippen LogP contribution in [0.1, 0.15) is 26.2 Å². The van der Waals surface area contributed by atoms with Gasteiger partial charge in [0.2, 0.25) is 0 Å². The molecular formula is C11H21NO2. The topological polar surface area (TPSA) is 44.5 Å². The summed E-state index contributed by atoms with van der Waals surface area (Å²) in [6.45, 7) is 4.54. The number of ether oxygens (including phenoxy) is 2. The van der Waals surface area contributed by atoms with Crippen LogP contribution in [0.4, 0.5) is 0 Å². The predicted molar refractivity (Wildman–Crippen MR) is 55.0 cm³/mol. The van der Waals surface area contributed by atoms with E-state index < -0.39 is 0 Å². The van der Waals surface area contributed by atoms with E-state index in [4.69, 9.17) is 15.2 Å². The van der Waals surface area contributed by atoms with E-state index in [0.29, 0.717) is 5.92 Å². The zero-order valence-electron chi connectivity index (χ0n) is 8.95. The van der Waals surface area contributed by atoms with E-state index in [9.17, 15) is 0 Å². The van der Waals surface area contributed by atoms with Gasteiger partial charge in [-0.25, -0.2) is 0 Å². The van der Waals surface area contributed by atoms with E-state index in [0.717, 1.165) is 32.2 Å². The van der Waals surface area contributed by atoms with Gasteiger partial charge in [0.05, 0.1) is 12.7 Å². The van der Waals surface area contributed by atoms with Crippen molar-refractivity contribution in [2.75, 3.05) is 19.8 Å². The summed E-state index contributed by atoms with van der Waals surface area (Å²) in [7, 11) is 0. The molecule has 0 spiro atoms. The van der Waals surface area contributed by atoms with Crippen LogP contribution in [-0.4, -0.2) is 32.0 Å². The highest BCUT2D eigenvalue weighted by atomic mass is 16.5. The zero-order chi connectivity index (χ0) is 9.97. The first kappa shape index (κ1) is 10.4. The second kappa shape index (κ2) is 4.60. The van der Waals surface area contributed by atoms with Gasteiger partial charge in [-0.1, -0.05) is 0 Å². The molecular weight excluding hydrogens is 178 g/mol. The summed E-state index contributed by atoms with van der Waals surface area (Å²) in [6, 6.07) is 0.185. The fourth-order valence-electron chi connectivity index (χ4n) is 2.30. The molecule has 2 rings (SSSR count). The van der Waals surface area contributed by atoms with Crippen LogP contribution < -0.4 is 5.73 Å².